The number of aliphatic hydroxyl groups excluding tert-OH is 1. The first kappa shape index (κ1) is 9.99. The molecular weight excluding hydrogens is 188 g/mol. The van der Waals surface area contributed by atoms with Crippen molar-refractivity contribution in [2.24, 2.45) is 0 Å². The van der Waals surface area contributed by atoms with Gasteiger partial charge in [0.05, 0.1) is 6.61 Å². The van der Waals surface area contributed by atoms with E-state index in [9.17, 15) is 10.2 Å². The molecule has 78 valence electrons. The third kappa shape index (κ3) is 1.81. The topological polar surface area (TPSA) is 40.5 Å². The van der Waals surface area contributed by atoms with Gasteiger partial charge in [-0.2, -0.15) is 0 Å². The summed E-state index contributed by atoms with van der Waals surface area (Å²) in [5.41, 5.74) is 0.714. The predicted octanol–water partition coefficient (Wildman–Crippen LogP) is 2.14. The number of phenols is 1. The maximum atomic E-state index is 9.52. The average Bonchev–Trinajstić information content (AvgIpc) is 2.31. The molecule has 0 spiro atoms. The minimum atomic E-state index is -0.317. The highest BCUT2D eigenvalue weighted by atomic mass is 16.3. The van der Waals surface area contributed by atoms with Gasteiger partial charge in [0.1, 0.15) is 5.75 Å². The van der Waals surface area contributed by atoms with Crippen LogP contribution >= 0.6 is 0 Å². The molecule has 1 unspecified atom stereocenters. The highest BCUT2D eigenvalue weighted by molar-refractivity contribution is 5.38. The van der Waals surface area contributed by atoms with Gasteiger partial charge in [0.25, 0.3) is 0 Å². The van der Waals surface area contributed by atoms with Crippen LogP contribution in [0.1, 0.15) is 12.0 Å². The summed E-state index contributed by atoms with van der Waals surface area (Å²) >= 11 is 0. The zero-order chi connectivity index (χ0) is 10.7. The Balaban J connectivity index is 2.38. The van der Waals surface area contributed by atoms with Crippen molar-refractivity contribution in [3.63, 3.8) is 0 Å². The van der Waals surface area contributed by atoms with Gasteiger partial charge < -0.3 is 10.2 Å². The van der Waals surface area contributed by atoms with Crippen molar-refractivity contribution < 1.29 is 10.2 Å². The molecule has 2 heteroatoms. The van der Waals surface area contributed by atoms with Crippen LogP contribution in [-0.2, 0) is 5.41 Å². The van der Waals surface area contributed by atoms with Gasteiger partial charge in [-0.15, -0.1) is 0 Å². The standard InChI is InChI=1S/C13H14O2/c14-10-13(8-2-1-3-9-13)11-4-6-12(15)7-5-11/h1-8,14-15H,9-10H2. The second-order valence-electron chi connectivity index (χ2n) is 3.85. The number of allylic oxidation sites excluding steroid dienone is 3. The van der Waals surface area contributed by atoms with Crippen LogP contribution in [0, 0.1) is 0 Å². The van der Waals surface area contributed by atoms with Crippen LogP contribution in [0.3, 0.4) is 0 Å². The van der Waals surface area contributed by atoms with Gasteiger partial charge in [-0.1, -0.05) is 36.4 Å². The van der Waals surface area contributed by atoms with Crippen molar-refractivity contribution in [2.75, 3.05) is 6.61 Å². The summed E-state index contributed by atoms with van der Waals surface area (Å²) in [4.78, 5) is 0. The molecule has 0 amide bonds. The summed E-state index contributed by atoms with van der Waals surface area (Å²) in [6.45, 7) is 0.0820. The second kappa shape index (κ2) is 3.91. The molecule has 2 rings (SSSR count). The molecule has 0 aliphatic heterocycles. The lowest BCUT2D eigenvalue weighted by Crippen LogP contribution is -2.28. The van der Waals surface area contributed by atoms with E-state index in [2.05, 4.69) is 0 Å². The maximum Gasteiger partial charge on any atom is 0.115 e. The van der Waals surface area contributed by atoms with Crippen molar-refractivity contribution in [2.45, 2.75) is 11.8 Å². The van der Waals surface area contributed by atoms with Crippen molar-refractivity contribution in [3.8, 4) is 5.75 Å². The number of phenolic OH excluding ortho intramolecular Hbond substituents is 1. The van der Waals surface area contributed by atoms with Crippen molar-refractivity contribution >= 4 is 0 Å². The van der Waals surface area contributed by atoms with Gasteiger partial charge in [0.2, 0.25) is 0 Å². The quantitative estimate of drug-likeness (QED) is 0.771. The molecule has 1 atom stereocenters. The molecule has 0 saturated carbocycles. The second-order valence-corrected chi connectivity index (χ2v) is 3.85. The third-order valence-corrected chi connectivity index (χ3v) is 2.87. The monoisotopic (exact) mass is 202 g/mol. The van der Waals surface area contributed by atoms with Crippen molar-refractivity contribution in [1.29, 1.82) is 0 Å². The fourth-order valence-electron chi connectivity index (χ4n) is 1.88. The maximum absolute atomic E-state index is 9.52. The van der Waals surface area contributed by atoms with Crippen molar-refractivity contribution in [3.05, 3.63) is 54.1 Å². The summed E-state index contributed by atoms with van der Waals surface area (Å²) in [5, 5.41) is 18.7. The summed E-state index contributed by atoms with van der Waals surface area (Å²) in [5.74, 6) is 0.252. The SMILES string of the molecule is OCC1(c2ccc(O)cc2)C=CC=CC1. The van der Waals surface area contributed by atoms with Gasteiger partial charge in [0, 0.05) is 5.41 Å². The molecule has 2 nitrogen and oxygen atoms in total. The van der Waals surface area contributed by atoms with E-state index in [0.29, 0.717) is 0 Å². The molecule has 1 aliphatic rings. The van der Waals surface area contributed by atoms with Crippen LogP contribution in [0.25, 0.3) is 0 Å². The third-order valence-electron chi connectivity index (χ3n) is 2.87. The molecule has 0 aromatic heterocycles. The lowest BCUT2D eigenvalue weighted by Gasteiger charge is -2.29. The van der Waals surface area contributed by atoms with Gasteiger partial charge in [0.15, 0.2) is 0 Å². The summed E-state index contributed by atoms with van der Waals surface area (Å²) < 4.78 is 0. The largest absolute Gasteiger partial charge is 0.508 e. The highest BCUT2D eigenvalue weighted by Crippen LogP contribution is 2.32. The van der Waals surface area contributed by atoms with E-state index in [4.69, 9.17) is 0 Å². The molecular formula is C13H14O2. The van der Waals surface area contributed by atoms with E-state index in [1.54, 1.807) is 12.1 Å². The van der Waals surface area contributed by atoms with Crippen LogP contribution in [0.2, 0.25) is 0 Å². The Morgan fingerprint density at radius 1 is 1.13 bits per heavy atom. The van der Waals surface area contributed by atoms with E-state index in [0.717, 1.165) is 12.0 Å². The predicted molar refractivity (Wildman–Crippen MR) is 59.8 cm³/mol. The number of benzene rings is 1. The normalized spacial score (nSPS) is 24.3. The number of rotatable bonds is 2. The Labute approximate surface area is 89.2 Å². The first-order valence-corrected chi connectivity index (χ1v) is 5.02. The van der Waals surface area contributed by atoms with Crippen molar-refractivity contribution in [1.82, 2.24) is 0 Å². The van der Waals surface area contributed by atoms with E-state index in [1.807, 2.05) is 36.4 Å². The Kier molecular flexibility index (Phi) is 2.60. The molecule has 0 heterocycles. The number of hydrogen-bond donors (Lipinski definition) is 2. The Hall–Kier alpha value is -1.54. The molecule has 0 saturated heterocycles. The fourth-order valence-corrected chi connectivity index (χ4v) is 1.88. The van der Waals surface area contributed by atoms with E-state index >= 15 is 0 Å². The van der Waals surface area contributed by atoms with Gasteiger partial charge in [-0.3, -0.25) is 0 Å². The lowest BCUT2D eigenvalue weighted by atomic mass is 9.76. The Morgan fingerprint density at radius 3 is 2.40 bits per heavy atom. The molecule has 1 aromatic carbocycles. The molecule has 1 aliphatic carbocycles. The van der Waals surface area contributed by atoms with E-state index < -0.39 is 0 Å². The molecule has 15 heavy (non-hydrogen) atoms. The summed E-state index contributed by atoms with van der Waals surface area (Å²) in [6, 6.07) is 7.02. The van der Waals surface area contributed by atoms with Crippen LogP contribution in [-0.4, -0.2) is 16.8 Å². The van der Waals surface area contributed by atoms with Crippen LogP contribution in [0.15, 0.2) is 48.6 Å². The fraction of sp³-hybridized carbons (Fsp3) is 0.231. The highest BCUT2D eigenvalue weighted by Gasteiger charge is 2.28. The van der Waals surface area contributed by atoms with Crippen LogP contribution in [0.5, 0.6) is 5.75 Å². The van der Waals surface area contributed by atoms with Crippen LogP contribution < -0.4 is 0 Å². The molecule has 1 aromatic rings. The zero-order valence-electron chi connectivity index (χ0n) is 8.43. The zero-order valence-corrected chi connectivity index (χ0v) is 8.43. The van der Waals surface area contributed by atoms with Gasteiger partial charge >= 0.3 is 0 Å². The Morgan fingerprint density at radius 2 is 1.87 bits per heavy atom. The van der Waals surface area contributed by atoms with Gasteiger partial charge in [-0.25, -0.2) is 0 Å². The first-order chi connectivity index (χ1) is 7.27. The summed E-state index contributed by atoms with van der Waals surface area (Å²) in [7, 11) is 0. The summed E-state index contributed by atoms with van der Waals surface area (Å²) in [6.07, 6.45) is 8.79. The minimum absolute atomic E-state index is 0.0820. The molecule has 2 N–H and O–H groups in total. The smallest absolute Gasteiger partial charge is 0.115 e. The molecule has 0 radical (unpaired) electrons. The molecule has 0 fully saturated rings. The minimum Gasteiger partial charge on any atom is -0.508 e. The average molecular weight is 202 g/mol. The molecule has 0 bridgehead atoms. The first-order valence-electron chi connectivity index (χ1n) is 5.02. The van der Waals surface area contributed by atoms with E-state index in [-0.39, 0.29) is 17.8 Å². The number of hydrogen-bond acceptors (Lipinski definition) is 2. The number of aromatic hydroxyl groups is 1. The van der Waals surface area contributed by atoms with Gasteiger partial charge in [-0.05, 0) is 24.1 Å². The van der Waals surface area contributed by atoms with Crippen LogP contribution in [0.4, 0.5) is 0 Å². The number of aliphatic hydroxyl groups is 1. The van der Waals surface area contributed by atoms with E-state index in [1.165, 1.54) is 0 Å². The Bertz CT molecular complexity index is 390. The lowest BCUT2D eigenvalue weighted by molar-refractivity contribution is 0.225.